The molecule has 0 spiro atoms. The van der Waals surface area contributed by atoms with E-state index in [1.165, 1.54) is 193 Å². The number of hydrogen-bond acceptors (Lipinski definition) is 15. The summed E-state index contributed by atoms with van der Waals surface area (Å²) in [5.41, 5.74) is 0. The number of phosphoric ester groups is 2. The number of phosphoric acid groups is 2. The maximum absolute atomic E-state index is 13.1. The van der Waals surface area contributed by atoms with Crippen molar-refractivity contribution in [3.05, 3.63) is 0 Å². The Morgan fingerprint density at radius 1 is 0.284 bits per heavy atom. The number of ether oxygens (including phenoxy) is 4. The summed E-state index contributed by atoms with van der Waals surface area (Å²) in [6, 6.07) is 0. The second kappa shape index (κ2) is 66.6. The van der Waals surface area contributed by atoms with Gasteiger partial charge in [-0.3, -0.25) is 37.3 Å². The van der Waals surface area contributed by atoms with Crippen LogP contribution < -0.4 is 0 Å². The minimum Gasteiger partial charge on any atom is -0.462 e. The van der Waals surface area contributed by atoms with Crippen LogP contribution in [0.2, 0.25) is 0 Å². The normalized spacial score (nSPS) is 14.1. The van der Waals surface area contributed by atoms with Gasteiger partial charge < -0.3 is 33.8 Å². The van der Waals surface area contributed by atoms with E-state index in [2.05, 4.69) is 48.5 Å². The number of unbranched alkanes of at least 4 members (excludes halogenated alkanes) is 42. The molecule has 0 heterocycles. The molecule has 0 aliphatic heterocycles. The first-order chi connectivity index (χ1) is 45.7. The molecule has 0 aliphatic rings. The van der Waals surface area contributed by atoms with Crippen LogP contribution in [0.3, 0.4) is 0 Å². The molecule has 0 aromatic carbocycles. The molecule has 0 radical (unpaired) electrons. The molecule has 3 N–H and O–H groups in total. The van der Waals surface area contributed by atoms with Gasteiger partial charge in [-0.15, -0.1) is 0 Å². The van der Waals surface area contributed by atoms with Crippen molar-refractivity contribution in [1.29, 1.82) is 0 Å². The van der Waals surface area contributed by atoms with E-state index >= 15 is 0 Å². The van der Waals surface area contributed by atoms with Crippen molar-refractivity contribution < 1.29 is 80.2 Å². The molecule has 0 aromatic rings. The van der Waals surface area contributed by atoms with Gasteiger partial charge >= 0.3 is 39.5 Å². The van der Waals surface area contributed by atoms with Crippen molar-refractivity contribution in [2.75, 3.05) is 39.6 Å². The Bertz CT molecular complexity index is 1850. The molecule has 5 atom stereocenters. The quantitative estimate of drug-likeness (QED) is 0.0222. The third-order valence-electron chi connectivity index (χ3n) is 17.6. The summed E-state index contributed by atoms with van der Waals surface area (Å²) in [5, 5.41) is 10.6. The SMILES string of the molecule is CCCCCCCCCCCCCCCCCCCCCC(=O)O[C@H](COC(=O)CCCCCCCCCCCCCCC(C)C)COP(=O)(O)OC[C@@H](O)COP(=O)(O)OC[C@@H](COC(=O)CCCCCCCCC(C)C)OC(=O)CCCCCCCCCCCC(C)C. The topological polar surface area (TPSA) is 237 Å². The highest BCUT2D eigenvalue weighted by molar-refractivity contribution is 7.47. The van der Waals surface area contributed by atoms with Crippen LogP contribution in [0.4, 0.5) is 0 Å². The smallest absolute Gasteiger partial charge is 0.462 e. The average Bonchev–Trinajstić information content (AvgIpc) is 1.34. The highest BCUT2D eigenvalue weighted by Gasteiger charge is 2.30. The van der Waals surface area contributed by atoms with Crippen LogP contribution in [0.5, 0.6) is 0 Å². The molecular weight excluding hydrogens is 1250 g/mol. The zero-order valence-electron chi connectivity index (χ0n) is 62.1. The summed E-state index contributed by atoms with van der Waals surface area (Å²) in [7, 11) is -9.91. The Balaban J connectivity index is 5.22. The number of hydrogen-bond donors (Lipinski definition) is 3. The zero-order valence-corrected chi connectivity index (χ0v) is 63.9. The highest BCUT2D eigenvalue weighted by Crippen LogP contribution is 2.45. The Hall–Kier alpha value is -1.94. The largest absolute Gasteiger partial charge is 0.472 e. The summed E-state index contributed by atoms with van der Waals surface area (Å²) >= 11 is 0. The van der Waals surface area contributed by atoms with Crippen molar-refractivity contribution in [2.24, 2.45) is 17.8 Å². The average molecular weight is 1400 g/mol. The minimum absolute atomic E-state index is 0.104. The molecule has 0 aromatic heterocycles. The van der Waals surface area contributed by atoms with Crippen molar-refractivity contribution in [3.63, 3.8) is 0 Å². The van der Waals surface area contributed by atoms with Crippen LogP contribution >= 0.6 is 15.6 Å². The Morgan fingerprint density at radius 3 is 0.716 bits per heavy atom. The predicted molar refractivity (Wildman–Crippen MR) is 386 cm³/mol. The maximum Gasteiger partial charge on any atom is 0.472 e. The van der Waals surface area contributed by atoms with Gasteiger partial charge in [0.2, 0.25) is 0 Å². The van der Waals surface area contributed by atoms with E-state index in [0.29, 0.717) is 31.6 Å². The van der Waals surface area contributed by atoms with Crippen LogP contribution in [0.25, 0.3) is 0 Å². The first kappa shape index (κ1) is 93.1. The van der Waals surface area contributed by atoms with Gasteiger partial charge in [0.05, 0.1) is 26.4 Å². The first-order valence-corrected chi connectivity index (χ1v) is 42.3. The summed E-state index contributed by atoms with van der Waals surface area (Å²) in [6.07, 6.45) is 53.0. The van der Waals surface area contributed by atoms with Crippen LogP contribution in [0.15, 0.2) is 0 Å². The molecule has 95 heavy (non-hydrogen) atoms. The van der Waals surface area contributed by atoms with Gasteiger partial charge in [-0.2, -0.15) is 0 Å². The molecule has 19 heteroatoms. The Labute approximate surface area is 581 Å². The Morgan fingerprint density at radius 2 is 0.484 bits per heavy atom. The van der Waals surface area contributed by atoms with Gasteiger partial charge in [0, 0.05) is 25.7 Å². The van der Waals surface area contributed by atoms with Crippen molar-refractivity contribution >= 4 is 39.5 Å². The summed E-state index contributed by atoms with van der Waals surface area (Å²) < 4.78 is 68.5. The summed E-state index contributed by atoms with van der Waals surface area (Å²) in [4.78, 5) is 72.8. The van der Waals surface area contributed by atoms with E-state index in [9.17, 15) is 43.2 Å². The molecule has 0 saturated heterocycles. The second-order valence-corrected chi connectivity index (χ2v) is 31.7. The standard InChI is InChI=1S/C76H148O17P2/c1-8-9-10-11-12-13-14-15-16-17-18-19-20-21-26-31-36-45-52-59-75(80)92-71(63-86-73(78)57-50-43-35-30-25-23-22-24-28-33-40-47-54-67(2)3)65-90-94(82,83)88-61-70(77)62-89-95(84,85)91-66-72(64-87-74(79)58-51-44-39-38-42-49-56-69(6)7)93-76(81)60-53-46-37-32-27-29-34-41-48-55-68(4)5/h67-72,77H,8-66H2,1-7H3,(H,82,83)(H,84,85)/t70-,71-,72-/m1/s1. The van der Waals surface area contributed by atoms with Crippen LogP contribution in [0, 0.1) is 17.8 Å². The van der Waals surface area contributed by atoms with Gasteiger partial charge in [0.15, 0.2) is 12.2 Å². The van der Waals surface area contributed by atoms with E-state index in [0.717, 1.165) is 108 Å². The van der Waals surface area contributed by atoms with Gasteiger partial charge in [-0.05, 0) is 43.4 Å². The number of carbonyl (C=O) groups excluding carboxylic acids is 4. The third kappa shape index (κ3) is 70.3. The first-order valence-electron chi connectivity index (χ1n) is 39.3. The highest BCUT2D eigenvalue weighted by atomic mass is 31.2. The second-order valence-electron chi connectivity index (χ2n) is 28.8. The van der Waals surface area contributed by atoms with Gasteiger partial charge in [-0.1, -0.05) is 337 Å². The van der Waals surface area contributed by atoms with Gasteiger partial charge in [0.1, 0.15) is 19.3 Å². The summed E-state index contributed by atoms with van der Waals surface area (Å²) in [6.45, 7) is 11.8. The molecule has 564 valence electrons. The van der Waals surface area contributed by atoms with Crippen molar-refractivity contribution in [2.45, 2.75) is 407 Å². The fourth-order valence-electron chi connectivity index (χ4n) is 11.6. The van der Waals surface area contributed by atoms with E-state index < -0.39 is 97.5 Å². The van der Waals surface area contributed by atoms with E-state index in [-0.39, 0.29) is 25.7 Å². The molecular formula is C76H148O17P2. The molecule has 0 rings (SSSR count). The van der Waals surface area contributed by atoms with Crippen LogP contribution in [-0.4, -0.2) is 96.7 Å². The van der Waals surface area contributed by atoms with Gasteiger partial charge in [0.25, 0.3) is 0 Å². The third-order valence-corrected chi connectivity index (χ3v) is 19.5. The number of aliphatic hydroxyl groups is 1. The predicted octanol–water partition coefficient (Wildman–Crippen LogP) is 22.2. The number of aliphatic hydroxyl groups excluding tert-OH is 1. The number of carbonyl (C=O) groups is 4. The zero-order chi connectivity index (χ0) is 70.1. The van der Waals surface area contributed by atoms with Crippen molar-refractivity contribution in [3.8, 4) is 0 Å². The van der Waals surface area contributed by atoms with Crippen LogP contribution in [0.1, 0.15) is 389 Å². The Kier molecular flexibility index (Phi) is 65.2. The lowest BCUT2D eigenvalue weighted by atomic mass is 10.0. The number of esters is 4. The van der Waals surface area contributed by atoms with Crippen LogP contribution in [-0.2, 0) is 65.4 Å². The monoisotopic (exact) mass is 1400 g/mol. The molecule has 2 unspecified atom stereocenters. The molecule has 0 aliphatic carbocycles. The lowest BCUT2D eigenvalue weighted by molar-refractivity contribution is -0.161. The van der Waals surface area contributed by atoms with Gasteiger partial charge in [-0.25, -0.2) is 9.13 Å². The lowest BCUT2D eigenvalue weighted by Crippen LogP contribution is -2.30. The number of rotatable bonds is 74. The molecule has 0 bridgehead atoms. The summed E-state index contributed by atoms with van der Waals surface area (Å²) in [5.74, 6) is 0.0768. The minimum atomic E-state index is -4.96. The molecule has 0 saturated carbocycles. The lowest BCUT2D eigenvalue weighted by Gasteiger charge is -2.21. The fourth-order valence-corrected chi connectivity index (χ4v) is 13.2. The van der Waals surface area contributed by atoms with E-state index in [1.54, 1.807) is 0 Å². The van der Waals surface area contributed by atoms with E-state index in [1.807, 2.05) is 0 Å². The fraction of sp³-hybridized carbons (Fsp3) is 0.947. The molecule has 0 fully saturated rings. The maximum atomic E-state index is 13.1. The van der Waals surface area contributed by atoms with E-state index in [4.69, 9.17) is 37.0 Å². The van der Waals surface area contributed by atoms with Crippen molar-refractivity contribution in [1.82, 2.24) is 0 Å². The molecule has 0 amide bonds. The molecule has 17 nitrogen and oxygen atoms in total.